The SMILES string of the molecule is Cc1cnn(C2CCCN(C(=O)c3ncoc3C(C)C)C2)c1. The number of oxazole rings is 1. The molecule has 6 heteroatoms. The molecule has 0 N–H and O–H groups in total. The first-order chi connectivity index (χ1) is 10.6. The van der Waals surface area contributed by atoms with Gasteiger partial charge in [0.25, 0.3) is 5.91 Å². The van der Waals surface area contributed by atoms with Gasteiger partial charge in [-0.1, -0.05) is 13.8 Å². The summed E-state index contributed by atoms with van der Waals surface area (Å²) >= 11 is 0. The third kappa shape index (κ3) is 2.77. The first-order valence-corrected chi connectivity index (χ1v) is 7.79. The molecule has 0 saturated carbocycles. The van der Waals surface area contributed by atoms with Crippen LogP contribution in [0.2, 0.25) is 0 Å². The largest absolute Gasteiger partial charge is 0.447 e. The number of rotatable bonds is 3. The number of amides is 1. The van der Waals surface area contributed by atoms with Crippen LogP contribution in [-0.2, 0) is 0 Å². The normalized spacial score (nSPS) is 18.9. The van der Waals surface area contributed by atoms with Gasteiger partial charge in [0.1, 0.15) is 5.76 Å². The van der Waals surface area contributed by atoms with Gasteiger partial charge >= 0.3 is 0 Å². The molecule has 1 amide bonds. The summed E-state index contributed by atoms with van der Waals surface area (Å²) in [7, 11) is 0. The Balaban J connectivity index is 1.77. The fraction of sp³-hybridized carbons (Fsp3) is 0.562. The Labute approximate surface area is 130 Å². The first kappa shape index (κ1) is 14.8. The number of carbonyl (C=O) groups is 1. The molecule has 1 fully saturated rings. The lowest BCUT2D eigenvalue weighted by Gasteiger charge is -2.32. The van der Waals surface area contributed by atoms with Gasteiger partial charge in [-0.15, -0.1) is 0 Å². The van der Waals surface area contributed by atoms with Gasteiger partial charge in [0, 0.05) is 25.2 Å². The number of hydrogen-bond acceptors (Lipinski definition) is 4. The lowest BCUT2D eigenvalue weighted by molar-refractivity contribution is 0.0665. The van der Waals surface area contributed by atoms with Crippen molar-refractivity contribution in [1.82, 2.24) is 19.7 Å². The standard InChI is InChI=1S/C16H22N4O2/c1-11(2)15-14(17-10-22-15)16(21)19-6-4-5-13(9-19)20-8-12(3)7-18-20/h7-8,10-11,13H,4-6,9H2,1-3H3. The van der Waals surface area contributed by atoms with E-state index in [1.165, 1.54) is 6.39 Å². The molecule has 0 spiro atoms. The summed E-state index contributed by atoms with van der Waals surface area (Å²) in [5, 5.41) is 4.39. The van der Waals surface area contributed by atoms with Crippen LogP contribution in [0.3, 0.4) is 0 Å². The first-order valence-electron chi connectivity index (χ1n) is 7.79. The Morgan fingerprint density at radius 2 is 2.27 bits per heavy atom. The van der Waals surface area contributed by atoms with Crippen molar-refractivity contribution in [3.05, 3.63) is 35.8 Å². The zero-order valence-electron chi connectivity index (χ0n) is 13.3. The molecule has 1 aliphatic rings. The summed E-state index contributed by atoms with van der Waals surface area (Å²) in [5.41, 5.74) is 1.59. The van der Waals surface area contributed by atoms with Crippen LogP contribution in [0.25, 0.3) is 0 Å². The highest BCUT2D eigenvalue weighted by atomic mass is 16.3. The lowest BCUT2D eigenvalue weighted by Crippen LogP contribution is -2.41. The molecule has 3 rings (SSSR count). The van der Waals surface area contributed by atoms with Crippen molar-refractivity contribution >= 4 is 5.91 Å². The number of aromatic nitrogens is 3. The van der Waals surface area contributed by atoms with Gasteiger partial charge < -0.3 is 9.32 Å². The van der Waals surface area contributed by atoms with E-state index in [0.717, 1.165) is 24.9 Å². The van der Waals surface area contributed by atoms with Crippen molar-refractivity contribution in [1.29, 1.82) is 0 Å². The average Bonchev–Trinajstić information content (AvgIpc) is 3.15. The average molecular weight is 302 g/mol. The quantitative estimate of drug-likeness (QED) is 0.874. The Morgan fingerprint density at radius 1 is 1.45 bits per heavy atom. The Hall–Kier alpha value is -2.11. The number of hydrogen-bond donors (Lipinski definition) is 0. The molecular weight excluding hydrogens is 280 g/mol. The van der Waals surface area contributed by atoms with Crippen LogP contribution in [0.4, 0.5) is 0 Å². The molecule has 1 atom stereocenters. The highest BCUT2D eigenvalue weighted by Crippen LogP contribution is 2.25. The van der Waals surface area contributed by atoms with E-state index in [2.05, 4.69) is 10.1 Å². The summed E-state index contributed by atoms with van der Waals surface area (Å²) < 4.78 is 7.35. The van der Waals surface area contributed by atoms with E-state index < -0.39 is 0 Å². The van der Waals surface area contributed by atoms with E-state index in [0.29, 0.717) is 18.0 Å². The maximum absolute atomic E-state index is 12.7. The minimum Gasteiger partial charge on any atom is -0.447 e. The molecule has 22 heavy (non-hydrogen) atoms. The predicted molar refractivity (Wildman–Crippen MR) is 81.7 cm³/mol. The van der Waals surface area contributed by atoms with Gasteiger partial charge in [-0.05, 0) is 25.3 Å². The third-order valence-corrected chi connectivity index (χ3v) is 4.11. The maximum Gasteiger partial charge on any atom is 0.276 e. The number of likely N-dealkylation sites (tertiary alicyclic amines) is 1. The van der Waals surface area contributed by atoms with Crippen LogP contribution in [0.15, 0.2) is 23.2 Å². The molecule has 0 aromatic carbocycles. The molecule has 2 aromatic heterocycles. The smallest absolute Gasteiger partial charge is 0.276 e. The minimum atomic E-state index is -0.0361. The fourth-order valence-electron chi connectivity index (χ4n) is 2.96. The van der Waals surface area contributed by atoms with Crippen LogP contribution in [0.5, 0.6) is 0 Å². The molecule has 0 bridgehead atoms. The van der Waals surface area contributed by atoms with Crippen molar-refractivity contribution in [2.75, 3.05) is 13.1 Å². The zero-order valence-corrected chi connectivity index (χ0v) is 13.3. The van der Waals surface area contributed by atoms with Crippen LogP contribution in [0.1, 0.15) is 60.5 Å². The van der Waals surface area contributed by atoms with Crippen LogP contribution >= 0.6 is 0 Å². The van der Waals surface area contributed by atoms with E-state index in [4.69, 9.17) is 4.42 Å². The Morgan fingerprint density at radius 3 is 2.95 bits per heavy atom. The fourth-order valence-corrected chi connectivity index (χ4v) is 2.96. The monoisotopic (exact) mass is 302 g/mol. The van der Waals surface area contributed by atoms with E-state index in [9.17, 15) is 4.79 Å². The van der Waals surface area contributed by atoms with Crippen molar-refractivity contribution in [3.8, 4) is 0 Å². The lowest BCUT2D eigenvalue weighted by atomic mass is 10.0. The van der Waals surface area contributed by atoms with Gasteiger partial charge in [-0.25, -0.2) is 4.98 Å². The molecule has 0 aliphatic carbocycles. The molecule has 6 nitrogen and oxygen atoms in total. The Bertz CT molecular complexity index is 659. The van der Waals surface area contributed by atoms with Gasteiger partial charge in [0.05, 0.1) is 12.2 Å². The Kier molecular flexibility index (Phi) is 4.00. The van der Waals surface area contributed by atoms with Crippen molar-refractivity contribution in [2.45, 2.75) is 45.6 Å². The van der Waals surface area contributed by atoms with E-state index in [1.807, 2.05) is 42.7 Å². The highest BCUT2D eigenvalue weighted by Gasteiger charge is 2.29. The molecule has 0 radical (unpaired) electrons. The van der Waals surface area contributed by atoms with Crippen molar-refractivity contribution in [3.63, 3.8) is 0 Å². The second kappa shape index (κ2) is 5.94. The van der Waals surface area contributed by atoms with Crippen LogP contribution in [-0.4, -0.2) is 38.7 Å². The van der Waals surface area contributed by atoms with Crippen LogP contribution in [0, 0.1) is 6.92 Å². The van der Waals surface area contributed by atoms with Crippen molar-refractivity contribution in [2.24, 2.45) is 0 Å². The molecule has 3 heterocycles. The highest BCUT2D eigenvalue weighted by molar-refractivity contribution is 5.93. The summed E-state index contributed by atoms with van der Waals surface area (Å²) in [4.78, 5) is 18.7. The number of aryl methyl sites for hydroxylation is 1. The molecular formula is C16H22N4O2. The van der Waals surface area contributed by atoms with E-state index in [1.54, 1.807) is 0 Å². The minimum absolute atomic E-state index is 0.0361. The second-order valence-electron chi connectivity index (χ2n) is 6.26. The van der Waals surface area contributed by atoms with Gasteiger partial charge in [0.15, 0.2) is 12.1 Å². The van der Waals surface area contributed by atoms with Gasteiger partial charge in [-0.2, -0.15) is 5.10 Å². The summed E-state index contributed by atoms with van der Waals surface area (Å²) in [6.45, 7) is 7.47. The summed E-state index contributed by atoms with van der Waals surface area (Å²) in [6.07, 6.45) is 7.27. The number of nitrogens with zero attached hydrogens (tertiary/aromatic N) is 4. The van der Waals surface area contributed by atoms with Crippen molar-refractivity contribution < 1.29 is 9.21 Å². The molecule has 1 unspecified atom stereocenters. The van der Waals surface area contributed by atoms with Gasteiger partial charge in [0.2, 0.25) is 0 Å². The third-order valence-electron chi connectivity index (χ3n) is 4.11. The van der Waals surface area contributed by atoms with Gasteiger partial charge in [-0.3, -0.25) is 9.48 Å². The summed E-state index contributed by atoms with van der Waals surface area (Å²) in [6, 6.07) is 0.237. The van der Waals surface area contributed by atoms with Crippen LogP contribution < -0.4 is 0 Å². The predicted octanol–water partition coefficient (Wildman–Crippen LogP) is 2.78. The molecule has 2 aromatic rings. The van der Waals surface area contributed by atoms with E-state index >= 15 is 0 Å². The number of piperidine rings is 1. The molecule has 118 valence electrons. The maximum atomic E-state index is 12.7. The van der Waals surface area contributed by atoms with E-state index in [-0.39, 0.29) is 17.9 Å². The zero-order chi connectivity index (χ0) is 15.7. The molecule has 1 aliphatic heterocycles. The second-order valence-corrected chi connectivity index (χ2v) is 6.26. The molecule has 1 saturated heterocycles. The topological polar surface area (TPSA) is 64.2 Å². The summed E-state index contributed by atoms with van der Waals surface area (Å²) in [5.74, 6) is 0.781. The number of carbonyl (C=O) groups excluding carboxylic acids is 1.